The van der Waals surface area contributed by atoms with Gasteiger partial charge in [0.25, 0.3) is 0 Å². The molecule has 2 heterocycles. The molecular weight excluding hydrogens is 254 g/mol. The molecule has 108 valence electrons. The third kappa shape index (κ3) is 4.18. The van der Waals surface area contributed by atoms with Crippen molar-refractivity contribution in [2.24, 2.45) is 0 Å². The van der Waals surface area contributed by atoms with Gasteiger partial charge in [0, 0.05) is 30.6 Å². The molecule has 4 heteroatoms. The van der Waals surface area contributed by atoms with Gasteiger partial charge in [-0.1, -0.05) is 33.6 Å². The minimum atomic E-state index is 0.520. The number of anilines is 1. The summed E-state index contributed by atoms with van der Waals surface area (Å²) in [5, 5.41) is 6.88. The first-order chi connectivity index (χ1) is 9.20. The van der Waals surface area contributed by atoms with Crippen molar-refractivity contribution in [2.75, 3.05) is 11.4 Å². The molecule has 1 atom stereocenters. The van der Waals surface area contributed by atoms with Gasteiger partial charge in [-0.3, -0.25) is 0 Å². The molecule has 1 fully saturated rings. The first-order valence-corrected chi connectivity index (χ1v) is 8.53. The number of nitrogens with zero attached hydrogens (tertiary/aromatic N) is 2. The standard InChI is InChI=1S/C15H27N3S/c1-4-14-8-6-5-7-9-18(14)15-17-13(11-19-15)10-16-12(2)3/h11-12,14,16H,4-10H2,1-3H3. The zero-order chi connectivity index (χ0) is 13.7. The van der Waals surface area contributed by atoms with Gasteiger partial charge in [-0.05, 0) is 19.3 Å². The van der Waals surface area contributed by atoms with Gasteiger partial charge in [0.2, 0.25) is 0 Å². The number of hydrogen-bond acceptors (Lipinski definition) is 4. The maximum absolute atomic E-state index is 4.83. The summed E-state index contributed by atoms with van der Waals surface area (Å²) in [5.74, 6) is 0. The SMILES string of the molecule is CCC1CCCCCN1c1nc(CNC(C)C)cs1. The van der Waals surface area contributed by atoms with Crippen LogP contribution in [-0.2, 0) is 6.54 Å². The van der Waals surface area contributed by atoms with E-state index < -0.39 is 0 Å². The van der Waals surface area contributed by atoms with Crippen molar-refractivity contribution in [3.63, 3.8) is 0 Å². The fourth-order valence-corrected chi connectivity index (χ4v) is 3.59. The van der Waals surface area contributed by atoms with E-state index in [1.165, 1.54) is 49.5 Å². The van der Waals surface area contributed by atoms with Crippen LogP contribution < -0.4 is 10.2 Å². The highest BCUT2D eigenvalue weighted by Gasteiger charge is 2.22. The van der Waals surface area contributed by atoms with Crippen LogP contribution in [-0.4, -0.2) is 23.6 Å². The summed E-state index contributed by atoms with van der Waals surface area (Å²) in [7, 11) is 0. The third-order valence-electron chi connectivity index (χ3n) is 3.83. The first-order valence-electron chi connectivity index (χ1n) is 7.65. The first kappa shape index (κ1) is 14.8. The average molecular weight is 281 g/mol. The molecule has 0 spiro atoms. The zero-order valence-corrected chi connectivity index (χ0v) is 13.3. The smallest absolute Gasteiger partial charge is 0.185 e. The highest BCUT2D eigenvalue weighted by Crippen LogP contribution is 2.28. The molecule has 1 unspecified atom stereocenters. The van der Waals surface area contributed by atoms with Crippen molar-refractivity contribution in [2.45, 2.75) is 71.5 Å². The Labute approximate surface area is 121 Å². The van der Waals surface area contributed by atoms with Gasteiger partial charge in [-0.2, -0.15) is 0 Å². The van der Waals surface area contributed by atoms with E-state index in [0.717, 1.165) is 6.54 Å². The van der Waals surface area contributed by atoms with Crippen molar-refractivity contribution in [1.82, 2.24) is 10.3 Å². The van der Waals surface area contributed by atoms with E-state index in [4.69, 9.17) is 4.98 Å². The predicted octanol–water partition coefficient (Wildman–Crippen LogP) is 3.80. The Bertz CT molecular complexity index is 375. The Kier molecular flexibility index (Phi) is 5.64. The molecule has 1 aliphatic heterocycles. The average Bonchev–Trinajstić information content (AvgIpc) is 2.73. The van der Waals surface area contributed by atoms with Crippen molar-refractivity contribution < 1.29 is 0 Å². The normalized spacial score (nSPS) is 20.8. The van der Waals surface area contributed by atoms with E-state index in [0.29, 0.717) is 12.1 Å². The quantitative estimate of drug-likeness (QED) is 0.890. The van der Waals surface area contributed by atoms with Crippen LogP contribution >= 0.6 is 11.3 Å². The molecule has 1 N–H and O–H groups in total. The van der Waals surface area contributed by atoms with Crippen LogP contribution in [0.15, 0.2) is 5.38 Å². The summed E-state index contributed by atoms with van der Waals surface area (Å²) in [5.41, 5.74) is 1.19. The third-order valence-corrected chi connectivity index (χ3v) is 4.75. The van der Waals surface area contributed by atoms with Crippen LogP contribution in [0.5, 0.6) is 0 Å². The molecule has 0 bridgehead atoms. The molecule has 0 saturated carbocycles. The molecule has 2 rings (SSSR count). The van der Waals surface area contributed by atoms with Crippen molar-refractivity contribution in [1.29, 1.82) is 0 Å². The van der Waals surface area contributed by atoms with E-state index in [-0.39, 0.29) is 0 Å². The van der Waals surface area contributed by atoms with E-state index in [2.05, 4.69) is 36.4 Å². The number of nitrogens with one attached hydrogen (secondary N) is 1. The maximum Gasteiger partial charge on any atom is 0.185 e. The van der Waals surface area contributed by atoms with Crippen molar-refractivity contribution in [3.05, 3.63) is 11.1 Å². The summed E-state index contributed by atoms with van der Waals surface area (Å²) >= 11 is 1.81. The monoisotopic (exact) mass is 281 g/mol. The number of rotatable bonds is 5. The molecule has 0 aliphatic carbocycles. The fourth-order valence-electron chi connectivity index (χ4n) is 2.67. The molecule has 1 saturated heterocycles. The summed E-state index contributed by atoms with van der Waals surface area (Å²) in [4.78, 5) is 7.38. The van der Waals surface area contributed by atoms with E-state index in [1.807, 2.05) is 11.3 Å². The number of hydrogen-bond donors (Lipinski definition) is 1. The minimum Gasteiger partial charge on any atom is -0.345 e. The second kappa shape index (κ2) is 7.25. The molecule has 1 aliphatic rings. The lowest BCUT2D eigenvalue weighted by molar-refractivity contribution is 0.553. The Hall–Kier alpha value is -0.610. The topological polar surface area (TPSA) is 28.2 Å². The van der Waals surface area contributed by atoms with Gasteiger partial charge < -0.3 is 10.2 Å². The van der Waals surface area contributed by atoms with Crippen LogP contribution in [0, 0.1) is 0 Å². The van der Waals surface area contributed by atoms with Crippen LogP contribution in [0.3, 0.4) is 0 Å². The molecule has 0 radical (unpaired) electrons. The number of aromatic nitrogens is 1. The van der Waals surface area contributed by atoms with Gasteiger partial charge in [0.15, 0.2) is 5.13 Å². The Morgan fingerprint density at radius 3 is 3.00 bits per heavy atom. The Balaban J connectivity index is 2.02. The van der Waals surface area contributed by atoms with Crippen LogP contribution in [0.25, 0.3) is 0 Å². The van der Waals surface area contributed by atoms with Crippen LogP contribution in [0.2, 0.25) is 0 Å². The molecule has 1 aromatic rings. The summed E-state index contributed by atoms with van der Waals surface area (Å²) < 4.78 is 0. The summed E-state index contributed by atoms with van der Waals surface area (Å²) in [6, 6.07) is 1.21. The summed E-state index contributed by atoms with van der Waals surface area (Å²) in [6.07, 6.45) is 6.63. The predicted molar refractivity (Wildman–Crippen MR) is 84.0 cm³/mol. The molecule has 0 amide bonds. The van der Waals surface area contributed by atoms with Gasteiger partial charge >= 0.3 is 0 Å². The number of thiazole rings is 1. The van der Waals surface area contributed by atoms with Crippen molar-refractivity contribution >= 4 is 16.5 Å². The molecule has 19 heavy (non-hydrogen) atoms. The second-order valence-corrected chi connectivity index (χ2v) is 6.60. The maximum atomic E-state index is 4.83. The largest absolute Gasteiger partial charge is 0.345 e. The van der Waals surface area contributed by atoms with Gasteiger partial charge in [0.05, 0.1) is 5.69 Å². The lowest BCUT2D eigenvalue weighted by Gasteiger charge is -2.28. The molecule has 3 nitrogen and oxygen atoms in total. The molecule has 1 aromatic heterocycles. The van der Waals surface area contributed by atoms with Crippen LogP contribution in [0.1, 0.15) is 58.6 Å². The zero-order valence-electron chi connectivity index (χ0n) is 12.5. The van der Waals surface area contributed by atoms with E-state index >= 15 is 0 Å². The lowest BCUT2D eigenvalue weighted by atomic mass is 10.1. The van der Waals surface area contributed by atoms with Gasteiger partial charge in [-0.15, -0.1) is 11.3 Å². The lowest BCUT2D eigenvalue weighted by Crippen LogP contribution is -2.34. The van der Waals surface area contributed by atoms with Gasteiger partial charge in [0.1, 0.15) is 0 Å². The minimum absolute atomic E-state index is 0.520. The molecular formula is C15H27N3S. The van der Waals surface area contributed by atoms with Crippen molar-refractivity contribution in [3.8, 4) is 0 Å². The second-order valence-electron chi connectivity index (χ2n) is 5.76. The fraction of sp³-hybridized carbons (Fsp3) is 0.800. The van der Waals surface area contributed by atoms with Gasteiger partial charge in [-0.25, -0.2) is 4.98 Å². The Morgan fingerprint density at radius 2 is 2.26 bits per heavy atom. The highest BCUT2D eigenvalue weighted by atomic mass is 32.1. The molecule has 0 aromatic carbocycles. The summed E-state index contributed by atoms with van der Waals surface area (Å²) in [6.45, 7) is 8.73. The Morgan fingerprint density at radius 1 is 1.42 bits per heavy atom. The van der Waals surface area contributed by atoms with E-state index in [1.54, 1.807) is 0 Å². The van der Waals surface area contributed by atoms with Crippen LogP contribution in [0.4, 0.5) is 5.13 Å². The highest BCUT2D eigenvalue weighted by molar-refractivity contribution is 7.13. The van der Waals surface area contributed by atoms with E-state index in [9.17, 15) is 0 Å².